The number of aryl methyl sites for hydroxylation is 3. The molecule has 0 saturated heterocycles. The summed E-state index contributed by atoms with van der Waals surface area (Å²) >= 11 is 0. The van der Waals surface area contributed by atoms with E-state index in [2.05, 4.69) is 49.2 Å². The highest BCUT2D eigenvalue weighted by Crippen LogP contribution is 2.34. The van der Waals surface area contributed by atoms with Gasteiger partial charge in [-0.1, -0.05) is 13.0 Å². The van der Waals surface area contributed by atoms with E-state index in [1.807, 2.05) is 44.2 Å². The van der Waals surface area contributed by atoms with Gasteiger partial charge in [-0.05, 0) is 81.4 Å². The highest BCUT2D eigenvalue weighted by atomic mass is 19.1. The fourth-order valence-corrected chi connectivity index (χ4v) is 5.20. The van der Waals surface area contributed by atoms with Crippen molar-refractivity contribution < 1.29 is 4.39 Å². The van der Waals surface area contributed by atoms with Crippen LogP contribution in [0.1, 0.15) is 24.6 Å². The average Bonchev–Trinajstić information content (AvgIpc) is 3.63. The fourth-order valence-electron chi connectivity index (χ4n) is 5.20. The molecule has 6 rings (SSSR count). The van der Waals surface area contributed by atoms with Crippen LogP contribution in [0.2, 0.25) is 0 Å². The molecule has 0 bridgehead atoms. The van der Waals surface area contributed by atoms with Crippen molar-refractivity contribution in [3.05, 3.63) is 72.1 Å². The smallest absolute Gasteiger partial charge is 0.135 e. The first kappa shape index (κ1) is 24.9. The number of aromatic amines is 2. The van der Waals surface area contributed by atoms with E-state index in [0.29, 0.717) is 0 Å². The fraction of sp³-hybridized carbons (Fsp3) is 0.267. The minimum atomic E-state index is -0.239. The Kier molecular flexibility index (Phi) is 6.44. The molecule has 39 heavy (non-hydrogen) atoms. The minimum absolute atomic E-state index is 0.239. The number of benzene rings is 1. The van der Waals surface area contributed by atoms with Gasteiger partial charge in [0.05, 0.1) is 34.3 Å². The third-order valence-corrected chi connectivity index (χ3v) is 7.06. The molecule has 0 fully saturated rings. The number of H-pyrrole nitrogens is 2. The molecule has 0 radical (unpaired) electrons. The monoisotopic (exact) mass is 522 g/mol. The first-order valence-electron chi connectivity index (χ1n) is 13.2. The summed E-state index contributed by atoms with van der Waals surface area (Å²) in [5.74, 6) is -0.239. The Morgan fingerprint density at radius 3 is 2.72 bits per heavy atom. The molecule has 0 amide bonds. The summed E-state index contributed by atoms with van der Waals surface area (Å²) in [6, 6.07) is 11.3. The lowest BCUT2D eigenvalue weighted by Crippen LogP contribution is -2.13. The van der Waals surface area contributed by atoms with Gasteiger partial charge in [0.25, 0.3) is 0 Å². The second-order valence-electron chi connectivity index (χ2n) is 10.3. The number of pyridine rings is 2. The number of halogens is 1. The third kappa shape index (κ3) is 4.81. The maximum absolute atomic E-state index is 14.7. The van der Waals surface area contributed by atoms with E-state index in [-0.39, 0.29) is 5.82 Å². The predicted octanol–water partition coefficient (Wildman–Crippen LogP) is 5.76. The second kappa shape index (κ2) is 10.1. The SMILES string of the molecule is CCc1nn(C)cc1-c1ccc2[nH]nc(-c3cc4c(-c5cc(F)cc(CCCN(C)C)c5)cncc4[nH]3)c2n1. The highest BCUT2D eigenvalue weighted by Gasteiger charge is 2.17. The Bertz CT molecular complexity index is 1790. The lowest BCUT2D eigenvalue weighted by atomic mass is 9.99. The van der Waals surface area contributed by atoms with Crippen LogP contribution in [-0.2, 0) is 19.9 Å². The van der Waals surface area contributed by atoms with Gasteiger partial charge in [0, 0.05) is 36.0 Å². The normalized spacial score (nSPS) is 11.8. The number of nitrogens with zero attached hydrogens (tertiary/aromatic N) is 6. The van der Waals surface area contributed by atoms with Gasteiger partial charge in [0.2, 0.25) is 0 Å². The van der Waals surface area contributed by atoms with Crippen LogP contribution < -0.4 is 0 Å². The molecule has 0 aliphatic heterocycles. The molecule has 198 valence electrons. The molecule has 2 N–H and O–H groups in total. The van der Waals surface area contributed by atoms with E-state index in [1.54, 1.807) is 24.5 Å². The molecular formula is C30H31FN8. The van der Waals surface area contributed by atoms with Crippen LogP contribution in [0.3, 0.4) is 0 Å². The number of aromatic nitrogens is 7. The third-order valence-electron chi connectivity index (χ3n) is 7.06. The van der Waals surface area contributed by atoms with Crippen LogP contribution in [0.15, 0.2) is 55.0 Å². The van der Waals surface area contributed by atoms with Gasteiger partial charge in [-0.2, -0.15) is 10.2 Å². The molecule has 0 unspecified atom stereocenters. The van der Waals surface area contributed by atoms with Crippen molar-refractivity contribution in [3.8, 4) is 33.8 Å². The van der Waals surface area contributed by atoms with E-state index < -0.39 is 0 Å². The molecule has 0 saturated carbocycles. The maximum atomic E-state index is 14.7. The zero-order valence-corrected chi connectivity index (χ0v) is 22.6. The summed E-state index contributed by atoms with van der Waals surface area (Å²) in [6.07, 6.45) is 8.19. The Labute approximate surface area is 225 Å². The van der Waals surface area contributed by atoms with Crippen molar-refractivity contribution in [3.63, 3.8) is 0 Å². The van der Waals surface area contributed by atoms with E-state index in [9.17, 15) is 4.39 Å². The average molecular weight is 523 g/mol. The first-order valence-corrected chi connectivity index (χ1v) is 13.2. The van der Waals surface area contributed by atoms with Gasteiger partial charge >= 0.3 is 0 Å². The minimum Gasteiger partial charge on any atom is -0.352 e. The molecule has 5 heterocycles. The second-order valence-corrected chi connectivity index (χ2v) is 10.3. The summed E-state index contributed by atoms with van der Waals surface area (Å²) in [6.45, 7) is 3.05. The lowest BCUT2D eigenvalue weighted by Gasteiger charge is -2.10. The van der Waals surface area contributed by atoms with Crippen molar-refractivity contribution >= 4 is 21.9 Å². The van der Waals surface area contributed by atoms with Crippen molar-refractivity contribution in [2.24, 2.45) is 7.05 Å². The van der Waals surface area contributed by atoms with E-state index >= 15 is 0 Å². The maximum Gasteiger partial charge on any atom is 0.135 e. The predicted molar refractivity (Wildman–Crippen MR) is 153 cm³/mol. The molecule has 0 spiro atoms. The van der Waals surface area contributed by atoms with Gasteiger partial charge < -0.3 is 9.88 Å². The molecule has 8 nitrogen and oxygen atoms in total. The Morgan fingerprint density at radius 2 is 1.90 bits per heavy atom. The van der Waals surface area contributed by atoms with Crippen LogP contribution in [0.5, 0.6) is 0 Å². The van der Waals surface area contributed by atoms with Gasteiger partial charge in [-0.25, -0.2) is 9.37 Å². The van der Waals surface area contributed by atoms with Crippen LogP contribution in [0.4, 0.5) is 4.39 Å². The van der Waals surface area contributed by atoms with Crippen molar-refractivity contribution in [1.29, 1.82) is 0 Å². The van der Waals surface area contributed by atoms with Gasteiger partial charge in [0.15, 0.2) is 0 Å². The summed E-state index contributed by atoms with van der Waals surface area (Å²) in [7, 11) is 6.02. The molecule has 0 aliphatic carbocycles. The van der Waals surface area contributed by atoms with Crippen molar-refractivity contribution in [2.45, 2.75) is 26.2 Å². The number of rotatable bonds is 8. The number of fused-ring (bicyclic) bond motifs is 2. The Balaban J connectivity index is 1.41. The molecule has 1 aromatic carbocycles. The Morgan fingerprint density at radius 1 is 1.03 bits per heavy atom. The van der Waals surface area contributed by atoms with Crippen molar-refractivity contribution in [2.75, 3.05) is 20.6 Å². The molecule has 0 aliphatic rings. The molecule has 0 atom stereocenters. The Hall–Kier alpha value is -4.37. The van der Waals surface area contributed by atoms with E-state index in [0.717, 1.165) is 92.8 Å². The number of nitrogens with one attached hydrogen (secondary N) is 2. The lowest BCUT2D eigenvalue weighted by molar-refractivity contribution is 0.400. The van der Waals surface area contributed by atoms with Crippen LogP contribution in [0.25, 0.3) is 55.7 Å². The standard InChI is InChI=1S/C30H31FN8/c1-5-24-23(17-39(4)37-24)25-8-9-26-29(34-25)30(36-35-26)27-14-21-22(15-32-16-28(21)33-27)19-11-18(12-20(31)13-19)7-6-10-38(2)3/h8-9,11-17,33H,5-7,10H2,1-4H3,(H,35,36). The van der Waals surface area contributed by atoms with Gasteiger partial charge in [-0.15, -0.1) is 0 Å². The van der Waals surface area contributed by atoms with Gasteiger partial charge in [0.1, 0.15) is 17.0 Å². The summed E-state index contributed by atoms with van der Waals surface area (Å²) in [5.41, 5.74) is 9.57. The van der Waals surface area contributed by atoms with Crippen LogP contribution in [0, 0.1) is 5.82 Å². The quantitative estimate of drug-likeness (QED) is 0.265. The van der Waals surface area contributed by atoms with Crippen molar-refractivity contribution in [1.82, 2.24) is 39.8 Å². The van der Waals surface area contributed by atoms with Crippen LogP contribution in [-0.4, -0.2) is 60.5 Å². The number of hydrogen-bond donors (Lipinski definition) is 2. The zero-order chi connectivity index (χ0) is 27.1. The van der Waals surface area contributed by atoms with Gasteiger partial charge in [-0.3, -0.25) is 14.8 Å². The number of hydrogen-bond acceptors (Lipinski definition) is 5. The summed E-state index contributed by atoms with van der Waals surface area (Å²) in [5, 5.41) is 13.2. The molecule has 9 heteroatoms. The molecule has 5 aromatic heterocycles. The first-order chi connectivity index (χ1) is 18.9. The molecular weight excluding hydrogens is 491 g/mol. The van der Waals surface area contributed by atoms with E-state index in [1.165, 1.54) is 0 Å². The summed E-state index contributed by atoms with van der Waals surface area (Å²) < 4.78 is 16.5. The zero-order valence-electron chi connectivity index (χ0n) is 22.6. The van der Waals surface area contributed by atoms with E-state index in [4.69, 9.17) is 4.98 Å². The molecule has 6 aromatic rings. The highest BCUT2D eigenvalue weighted by molar-refractivity contribution is 6.00. The summed E-state index contributed by atoms with van der Waals surface area (Å²) in [4.78, 5) is 15.0. The largest absolute Gasteiger partial charge is 0.352 e. The topological polar surface area (TPSA) is 91.3 Å². The van der Waals surface area contributed by atoms with Crippen LogP contribution >= 0.6 is 0 Å².